The average molecular weight is 481 g/mol. The van der Waals surface area contributed by atoms with Crippen LogP contribution in [-0.4, -0.2) is 66.9 Å². The highest BCUT2D eigenvalue weighted by Crippen LogP contribution is 2.44. The van der Waals surface area contributed by atoms with E-state index in [-0.39, 0.29) is 37.4 Å². The lowest BCUT2D eigenvalue weighted by atomic mass is 9.98. The lowest BCUT2D eigenvalue weighted by Gasteiger charge is -2.35. The zero-order valence-electron chi connectivity index (χ0n) is 19.9. The molecule has 1 heterocycles. The van der Waals surface area contributed by atoms with Gasteiger partial charge in [0, 0.05) is 25.4 Å². The normalized spacial score (nSPS) is 17.9. The minimum absolute atomic E-state index is 0.0111. The summed E-state index contributed by atoms with van der Waals surface area (Å²) in [4.78, 5) is 37.8. The zero-order chi connectivity index (χ0) is 24.8. The molecule has 0 spiro atoms. The summed E-state index contributed by atoms with van der Waals surface area (Å²) >= 11 is 0. The van der Waals surface area contributed by atoms with Crippen LogP contribution in [0.25, 0.3) is 11.1 Å². The number of amides is 2. The van der Waals surface area contributed by atoms with Crippen molar-refractivity contribution in [2.75, 3.05) is 32.9 Å². The van der Waals surface area contributed by atoms with Crippen molar-refractivity contribution in [3.8, 4) is 11.1 Å². The smallest absolute Gasteiger partial charge is 0.407 e. The number of alkyl carbamates (subject to hydrolysis) is 1. The minimum atomic E-state index is -0.946. The molecule has 2 amide bonds. The van der Waals surface area contributed by atoms with Crippen molar-refractivity contribution >= 4 is 18.0 Å². The summed E-state index contributed by atoms with van der Waals surface area (Å²) in [5.74, 6) is -0.978. The molecule has 2 aliphatic rings. The average Bonchev–Trinajstić information content (AvgIpc) is 3.16. The van der Waals surface area contributed by atoms with Gasteiger partial charge in [0.25, 0.3) is 0 Å². The molecule has 1 saturated heterocycles. The van der Waals surface area contributed by atoms with Crippen molar-refractivity contribution in [1.29, 1.82) is 0 Å². The molecule has 1 aliphatic carbocycles. The summed E-state index contributed by atoms with van der Waals surface area (Å²) in [5, 5.41) is 11.9. The van der Waals surface area contributed by atoms with E-state index in [0.29, 0.717) is 32.5 Å². The number of aliphatic carboxylic acids is 1. The molecule has 35 heavy (non-hydrogen) atoms. The van der Waals surface area contributed by atoms with Gasteiger partial charge in [-0.05, 0) is 34.6 Å². The number of hydrogen-bond acceptors (Lipinski definition) is 5. The Morgan fingerprint density at radius 1 is 1.11 bits per heavy atom. The van der Waals surface area contributed by atoms with Gasteiger partial charge in [-0.2, -0.15) is 0 Å². The largest absolute Gasteiger partial charge is 0.481 e. The highest BCUT2D eigenvalue weighted by molar-refractivity contribution is 5.79. The predicted octanol–water partition coefficient (Wildman–Crippen LogP) is 3.64. The maximum Gasteiger partial charge on any atom is 0.407 e. The first-order valence-corrected chi connectivity index (χ1v) is 12.1. The van der Waals surface area contributed by atoms with Gasteiger partial charge in [-0.25, -0.2) is 4.79 Å². The summed E-state index contributed by atoms with van der Waals surface area (Å²) in [6.07, 6.45) is 0.315. The molecule has 0 radical (unpaired) electrons. The fourth-order valence-corrected chi connectivity index (χ4v) is 4.94. The standard InChI is InChI=1S/C27H32N2O6/c1-18(14-25(30)29-12-13-34-16-19(29)15-26(31)32)10-11-28-27(33)35-17-24-22-8-4-2-6-20(22)21-7-3-5-9-23(21)24/h2-9,18-19,24H,10-17H2,1H3,(H,28,33)(H,31,32). The number of carbonyl (C=O) groups is 3. The summed E-state index contributed by atoms with van der Waals surface area (Å²) in [5.41, 5.74) is 4.69. The number of nitrogens with zero attached hydrogens (tertiary/aromatic N) is 1. The number of carboxylic acid groups (broad SMARTS) is 1. The Kier molecular flexibility index (Phi) is 8.02. The third-order valence-corrected chi connectivity index (χ3v) is 6.73. The van der Waals surface area contributed by atoms with E-state index in [1.54, 1.807) is 4.90 Å². The highest BCUT2D eigenvalue weighted by atomic mass is 16.5. The Hall–Kier alpha value is -3.39. The van der Waals surface area contributed by atoms with Gasteiger partial charge >= 0.3 is 12.1 Å². The first-order chi connectivity index (χ1) is 16.9. The number of fused-ring (bicyclic) bond motifs is 3. The van der Waals surface area contributed by atoms with Crippen LogP contribution in [0.15, 0.2) is 48.5 Å². The van der Waals surface area contributed by atoms with Crippen LogP contribution in [0, 0.1) is 5.92 Å². The lowest BCUT2D eigenvalue weighted by molar-refractivity contribution is -0.146. The van der Waals surface area contributed by atoms with E-state index in [1.807, 2.05) is 31.2 Å². The number of hydrogen-bond donors (Lipinski definition) is 2. The number of benzene rings is 2. The number of carbonyl (C=O) groups excluding carboxylic acids is 2. The van der Waals surface area contributed by atoms with E-state index >= 15 is 0 Å². The monoisotopic (exact) mass is 480 g/mol. The van der Waals surface area contributed by atoms with E-state index in [2.05, 4.69) is 29.6 Å². The lowest BCUT2D eigenvalue weighted by Crippen LogP contribution is -2.49. The van der Waals surface area contributed by atoms with Crippen molar-refractivity contribution in [3.05, 3.63) is 59.7 Å². The summed E-state index contributed by atoms with van der Waals surface area (Å²) < 4.78 is 10.9. The van der Waals surface area contributed by atoms with Crippen molar-refractivity contribution in [1.82, 2.24) is 10.2 Å². The number of ether oxygens (including phenoxy) is 2. The maximum atomic E-state index is 12.7. The molecule has 1 aliphatic heterocycles. The number of rotatable bonds is 9. The first-order valence-electron chi connectivity index (χ1n) is 12.1. The Morgan fingerprint density at radius 3 is 2.43 bits per heavy atom. The molecule has 2 aromatic carbocycles. The van der Waals surface area contributed by atoms with E-state index in [0.717, 1.165) is 11.1 Å². The first kappa shape index (κ1) is 24.7. The molecule has 8 nitrogen and oxygen atoms in total. The Balaban J connectivity index is 1.21. The molecule has 186 valence electrons. The SMILES string of the molecule is CC(CCNC(=O)OCC1c2ccccc2-c2ccccc21)CC(=O)N1CCOCC1CC(=O)O. The molecule has 2 N–H and O–H groups in total. The molecule has 4 rings (SSSR count). The van der Waals surface area contributed by atoms with Crippen molar-refractivity contribution in [2.45, 2.75) is 38.1 Å². The van der Waals surface area contributed by atoms with E-state index in [4.69, 9.17) is 14.6 Å². The van der Waals surface area contributed by atoms with E-state index in [1.165, 1.54) is 11.1 Å². The maximum absolute atomic E-state index is 12.7. The predicted molar refractivity (Wildman–Crippen MR) is 130 cm³/mol. The molecule has 2 aromatic rings. The van der Waals surface area contributed by atoms with Gasteiger partial charge in [-0.3, -0.25) is 9.59 Å². The van der Waals surface area contributed by atoms with Crippen LogP contribution in [0.3, 0.4) is 0 Å². The van der Waals surface area contributed by atoms with Crippen LogP contribution in [0.2, 0.25) is 0 Å². The van der Waals surface area contributed by atoms with Crippen LogP contribution < -0.4 is 5.32 Å². The van der Waals surface area contributed by atoms with Crippen LogP contribution in [-0.2, 0) is 19.1 Å². The van der Waals surface area contributed by atoms with Gasteiger partial charge in [0.1, 0.15) is 6.61 Å². The topological polar surface area (TPSA) is 105 Å². The van der Waals surface area contributed by atoms with E-state index in [9.17, 15) is 14.4 Å². The Labute approximate surface area is 205 Å². The number of nitrogens with one attached hydrogen (secondary N) is 1. The molecular formula is C27H32N2O6. The molecule has 2 atom stereocenters. The Morgan fingerprint density at radius 2 is 1.77 bits per heavy atom. The Bertz CT molecular complexity index is 1030. The van der Waals surface area contributed by atoms with Crippen LogP contribution in [0.5, 0.6) is 0 Å². The quantitative estimate of drug-likeness (QED) is 0.568. The number of carboxylic acids is 1. The van der Waals surface area contributed by atoms with Gasteiger partial charge in [0.15, 0.2) is 0 Å². The van der Waals surface area contributed by atoms with E-state index < -0.39 is 18.1 Å². The second-order valence-corrected chi connectivity index (χ2v) is 9.26. The fourth-order valence-electron chi connectivity index (χ4n) is 4.94. The highest BCUT2D eigenvalue weighted by Gasteiger charge is 2.30. The van der Waals surface area contributed by atoms with Crippen molar-refractivity contribution < 1.29 is 29.0 Å². The van der Waals surface area contributed by atoms with Crippen LogP contribution in [0.1, 0.15) is 43.2 Å². The summed E-state index contributed by atoms with van der Waals surface area (Å²) in [6.45, 7) is 3.67. The number of morpholine rings is 1. The van der Waals surface area contributed by atoms with Crippen molar-refractivity contribution in [2.24, 2.45) is 5.92 Å². The molecule has 2 unspecified atom stereocenters. The molecule has 0 bridgehead atoms. The van der Waals surface area contributed by atoms with Gasteiger partial charge < -0.3 is 24.8 Å². The summed E-state index contributed by atoms with van der Waals surface area (Å²) in [7, 11) is 0. The molecule has 1 fully saturated rings. The van der Waals surface area contributed by atoms with Gasteiger partial charge in [-0.15, -0.1) is 0 Å². The van der Waals surface area contributed by atoms with Gasteiger partial charge in [0.05, 0.1) is 25.7 Å². The molecule has 0 saturated carbocycles. The van der Waals surface area contributed by atoms with Gasteiger partial charge in [0.2, 0.25) is 5.91 Å². The van der Waals surface area contributed by atoms with Gasteiger partial charge in [-0.1, -0.05) is 55.5 Å². The van der Waals surface area contributed by atoms with Crippen LogP contribution in [0.4, 0.5) is 4.79 Å². The second kappa shape index (κ2) is 11.4. The molecule has 8 heteroatoms. The molecular weight excluding hydrogens is 448 g/mol. The minimum Gasteiger partial charge on any atom is -0.481 e. The third-order valence-electron chi connectivity index (χ3n) is 6.73. The van der Waals surface area contributed by atoms with Crippen molar-refractivity contribution in [3.63, 3.8) is 0 Å². The third kappa shape index (κ3) is 6.00. The fraction of sp³-hybridized carbons (Fsp3) is 0.444. The summed E-state index contributed by atoms with van der Waals surface area (Å²) in [6, 6.07) is 16.0. The second-order valence-electron chi connectivity index (χ2n) is 9.26. The van der Waals surface area contributed by atoms with Crippen LogP contribution >= 0.6 is 0 Å². The molecule has 0 aromatic heterocycles. The zero-order valence-corrected chi connectivity index (χ0v) is 19.9.